The van der Waals surface area contributed by atoms with Gasteiger partial charge in [-0.05, 0) is 61.6 Å². The molecule has 6 heteroatoms. The van der Waals surface area contributed by atoms with E-state index in [0.717, 1.165) is 54.5 Å². The first-order valence-electron chi connectivity index (χ1n) is 10.1. The lowest BCUT2D eigenvalue weighted by atomic mass is 10.1. The number of sulfone groups is 1. The maximum absolute atomic E-state index is 13.6. The number of methoxy groups -OCH3 is 1. The summed E-state index contributed by atoms with van der Waals surface area (Å²) < 4.78 is 32.6. The Morgan fingerprint density at radius 2 is 1.76 bits per heavy atom. The highest BCUT2D eigenvalue weighted by Gasteiger charge is 2.27. The highest BCUT2D eigenvalue weighted by molar-refractivity contribution is 7.91. The van der Waals surface area contributed by atoms with Gasteiger partial charge in [-0.3, -0.25) is 4.98 Å². The average Bonchev–Trinajstić information content (AvgIpc) is 2.78. The van der Waals surface area contributed by atoms with Crippen molar-refractivity contribution in [3.8, 4) is 5.75 Å². The molecule has 2 heterocycles. The zero-order valence-electron chi connectivity index (χ0n) is 16.9. The van der Waals surface area contributed by atoms with Gasteiger partial charge in [-0.1, -0.05) is 19.1 Å². The first-order valence-corrected chi connectivity index (χ1v) is 11.6. The van der Waals surface area contributed by atoms with Gasteiger partial charge in [0, 0.05) is 24.7 Å². The number of rotatable bonds is 5. The van der Waals surface area contributed by atoms with Gasteiger partial charge in [-0.15, -0.1) is 0 Å². The van der Waals surface area contributed by atoms with Crippen LogP contribution in [0.25, 0.3) is 10.9 Å². The van der Waals surface area contributed by atoms with E-state index in [4.69, 9.17) is 4.74 Å². The molecule has 0 N–H and O–H groups in total. The minimum absolute atomic E-state index is 0.268. The normalized spacial score (nSPS) is 14.9. The summed E-state index contributed by atoms with van der Waals surface area (Å²) in [6.07, 6.45) is 5.67. The summed E-state index contributed by atoms with van der Waals surface area (Å²) in [5.41, 5.74) is 2.63. The molecule has 0 aliphatic carbocycles. The number of hydrogen-bond acceptors (Lipinski definition) is 5. The minimum Gasteiger partial charge on any atom is -0.497 e. The molecule has 5 nitrogen and oxygen atoms in total. The SMILES string of the molecule is CCc1ccc(S(=O)(=O)c2cnc3ccc(OC)cc3c2N2CCCCC2)cc1. The summed E-state index contributed by atoms with van der Waals surface area (Å²) in [6.45, 7) is 3.74. The second-order valence-electron chi connectivity index (χ2n) is 7.40. The Labute approximate surface area is 172 Å². The minimum atomic E-state index is -3.70. The predicted molar refractivity (Wildman–Crippen MR) is 116 cm³/mol. The third-order valence-corrected chi connectivity index (χ3v) is 7.39. The third-order valence-electron chi connectivity index (χ3n) is 5.62. The number of benzene rings is 2. The number of aryl methyl sites for hydroxylation is 1. The Hall–Kier alpha value is -2.60. The zero-order chi connectivity index (χ0) is 20.4. The van der Waals surface area contributed by atoms with Gasteiger partial charge < -0.3 is 9.64 Å². The van der Waals surface area contributed by atoms with Crippen LogP contribution in [0.1, 0.15) is 31.7 Å². The van der Waals surface area contributed by atoms with Crippen LogP contribution in [0.2, 0.25) is 0 Å². The standard InChI is InChI=1S/C23H26N2O3S/c1-3-17-7-10-19(11-8-17)29(26,27)22-16-24-21-12-9-18(28-2)15-20(21)23(22)25-13-5-4-6-14-25/h7-12,15-16H,3-6,13-14H2,1-2H3. The number of ether oxygens (including phenoxy) is 1. The lowest BCUT2D eigenvalue weighted by Gasteiger charge is -2.31. The molecule has 3 aromatic rings. The van der Waals surface area contributed by atoms with E-state index >= 15 is 0 Å². The van der Waals surface area contributed by atoms with Crippen molar-refractivity contribution in [2.24, 2.45) is 0 Å². The molecule has 0 unspecified atom stereocenters. The molecule has 0 atom stereocenters. The number of fused-ring (bicyclic) bond motifs is 1. The molecule has 0 radical (unpaired) electrons. The maximum atomic E-state index is 13.6. The van der Waals surface area contributed by atoms with Gasteiger partial charge in [0.15, 0.2) is 0 Å². The summed E-state index contributed by atoms with van der Waals surface area (Å²) in [7, 11) is -2.08. The van der Waals surface area contributed by atoms with Gasteiger partial charge >= 0.3 is 0 Å². The van der Waals surface area contributed by atoms with Crippen LogP contribution in [-0.2, 0) is 16.3 Å². The summed E-state index contributed by atoms with van der Waals surface area (Å²) in [5.74, 6) is 0.694. The van der Waals surface area contributed by atoms with Gasteiger partial charge in [0.2, 0.25) is 9.84 Å². The third kappa shape index (κ3) is 3.69. The zero-order valence-corrected chi connectivity index (χ0v) is 17.7. The Morgan fingerprint density at radius 3 is 2.41 bits per heavy atom. The van der Waals surface area contributed by atoms with Crippen LogP contribution in [0.5, 0.6) is 5.75 Å². The Morgan fingerprint density at radius 1 is 1.03 bits per heavy atom. The van der Waals surface area contributed by atoms with Crippen molar-refractivity contribution in [3.05, 3.63) is 54.2 Å². The molecule has 29 heavy (non-hydrogen) atoms. The summed E-state index contributed by atoms with van der Waals surface area (Å²) in [5, 5.41) is 0.817. The van der Waals surface area contributed by atoms with Crippen molar-refractivity contribution >= 4 is 26.4 Å². The Kier molecular flexibility index (Phi) is 5.46. The van der Waals surface area contributed by atoms with Gasteiger partial charge in [-0.25, -0.2) is 8.42 Å². The molecule has 1 fully saturated rings. The summed E-state index contributed by atoms with van der Waals surface area (Å²) in [4.78, 5) is 7.24. The van der Waals surface area contributed by atoms with E-state index in [1.54, 1.807) is 19.2 Å². The molecular weight excluding hydrogens is 384 g/mol. The van der Waals surface area contributed by atoms with Crippen LogP contribution in [0.4, 0.5) is 5.69 Å². The Balaban J connectivity index is 1.94. The van der Waals surface area contributed by atoms with Gasteiger partial charge in [0.25, 0.3) is 0 Å². The van der Waals surface area contributed by atoms with Gasteiger partial charge in [-0.2, -0.15) is 0 Å². The van der Waals surface area contributed by atoms with Crippen molar-refractivity contribution in [2.45, 2.75) is 42.4 Å². The smallest absolute Gasteiger partial charge is 0.210 e. The summed E-state index contributed by atoms with van der Waals surface area (Å²) in [6, 6.07) is 12.8. The van der Waals surface area contributed by atoms with Crippen molar-refractivity contribution < 1.29 is 13.2 Å². The predicted octanol–water partition coefficient (Wildman–Crippen LogP) is 4.63. The molecule has 1 aliphatic rings. The second-order valence-corrected chi connectivity index (χ2v) is 9.32. The van der Waals surface area contributed by atoms with Crippen molar-refractivity contribution in [1.82, 2.24) is 4.98 Å². The molecule has 0 bridgehead atoms. The molecule has 1 aromatic heterocycles. The molecule has 152 valence electrons. The van der Waals surface area contributed by atoms with E-state index in [9.17, 15) is 8.42 Å². The number of aromatic nitrogens is 1. The maximum Gasteiger partial charge on any atom is 0.210 e. The molecule has 0 spiro atoms. The van der Waals surface area contributed by atoms with E-state index in [1.165, 1.54) is 12.6 Å². The number of hydrogen-bond donors (Lipinski definition) is 0. The number of pyridine rings is 1. The van der Waals surface area contributed by atoms with E-state index in [0.29, 0.717) is 10.6 Å². The first-order chi connectivity index (χ1) is 14.0. The highest BCUT2D eigenvalue weighted by atomic mass is 32.2. The van der Waals surface area contributed by atoms with Crippen LogP contribution in [-0.4, -0.2) is 33.6 Å². The second kappa shape index (κ2) is 8.03. The fraction of sp³-hybridized carbons (Fsp3) is 0.348. The molecule has 0 amide bonds. The molecule has 0 saturated carbocycles. The van der Waals surface area contributed by atoms with Gasteiger partial charge in [0.1, 0.15) is 10.6 Å². The van der Waals surface area contributed by atoms with Crippen LogP contribution >= 0.6 is 0 Å². The average molecular weight is 411 g/mol. The first kappa shape index (κ1) is 19.7. The molecule has 1 aliphatic heterocycles. The van der Waals surface area contributed by atoms with E-state index in [-0.39, 0.29) is 4.90 Å². The van der Waals surface area contributed by atoms with E-state index in [1.807, 2.05) is 30.3 Å². The van der Waals surface area contributed by atoms with Crippen LogP contribution in [0.15, 0.2) is 58.5 Å². The molecule has 2 aromatic carbocycles. The number of anilines is 1. The molecule has 4 rings (SSSR count). The van der Waals surface area contributed by atoms with Crippen LogP contribution in [0.3, 0.4) is 0 Å². The summed E-state index contributed by atoms with van der Waals surface area (Å²) >= 11 is 0. The highest BCUT2D eigenvalue weighted by Crippen LogP contribution is 2.38. The monoisotopic (exact) mass is 410 g/mol. The fourth-order valence-corrected chi connectivity index (χ4v) is 5.37. The lowest BCUT2D eigenvalue weighted by molar-refractivity contribution is 0.415. The molecular formula is C23H26N2O3S. The van der Waals surface area contributed by atoms with Crippen LogP contribution in [0, 0.1) is 0 Å². The lowest BCUT2D eigenvalue weighted by Crippen LogP contribution is -2.31. The largest absolute Gasteiger partial charge is 0.497 e. The van der Waals surface area contributed by atoms with Crippen LogP contribution < -0.4 is 9.64 Å². The quantitative estimate of drug-likeness (QED) is 0.614. The van der Waals surface area contributed by atoms with Crippen molar-refractivity contribution in [1.29, 1.82) is 0 Å². The van der Waals surface area contributed by atoms with E-state index < -0.39 is 9.84 Å². The molecule has 1 saturated heterocycles. The van der Waals surface area contributed by atoms with Crippen molar-refractivity contribution in [3.63, 3.8) is 0 Å². The Bertz CT molecular complexity index is 1120. The van der Waals surface area contributed by atoms with E-state index in [2.05, 4.69) is 16.8 Å². The number of piperidine rings is 1. The fourth-order valence-electron chi connectivity index (χ4n) is 3.94. The topological polar surface area (TPSA) is 59.5 Å². The number of nitrogens with zero attached hydrogens (tertiary/aromatic N) is 2. The van der Waals surface area contributed by atoms with Crippen molar-refractivity contribution in [2.75, 3.05) is 25.1 Å². The van der Waals surface area contributed by atoms with Gasteiger partial charge in [0.05, 0.1) is 23.2 Å².